The average molecular weight is 468 g/mol. The number of piperidine rings is 1. The Morgan fingerprint density at radius 3 is 2.48 bits per heavy atom. The molecule has 33 heavy (non-hydrogen) atoms. The quantitative estimate of drug-likeness (QED) is 0.410. The molecule has 0 bridgehead atoms. The Bertz CT molecular complexity index is 1100. The highest BCUT2D eigenvalue weighted by Crippen LogP contribution is 2.29. The van der Waals surface area contributed by atoms with Crippen LogP contribution in [0.25, 0.3) is 0 Å². The number of carbonyl (C=O) groups excluding carboxylic acids is 2. The van der Waals surface area contributed by atoms with Crippen molar-refractivity contribution in [3.63, 3.8) is 0 Å². The monoisotopic (exact) mass is 467 g/mol. The van der Waals surface area contributed by atoms with Gasteiger partial charge in [-0.25, -0.2) is 4.39 Å². The molecule has 6 nitrogen and oxygen atoms in total. The maximum absolute atomic E-state index is 14.5. The number of rotatable bonds is 6. The van der Waals surface area contributed by atoms with Gasteiger partial charge in [0.05, 0.1) is 10.4 Å². The molecule has 3 heterocycles. The molecular formula is C25H26FN3O3S. The molecule has 2 aromatic heterocycles. The fourth-order valence-electron chi connectivity index (χ4n) is 4.46. The molecule has 3 aromatic rings. The SMILES string of the molecule is CN(C(=O)c1cccs1)[C@H](Cc1ccccc1F)C1CCN(C(=O)c2cc[n+]([O-])cc2)CC1. The molecule has 0 saturated carbocycles. The lowest BCUT2D eigenvalue weighted by molar-refractivity contribution is -0.605. The number of aromatic nitrogens is 1. The van der Waals surface area contributed by atoms with Gasteiger partial charge < -0.3 is 15.0 Å². The van der Waals surface area contributed by atoms with Crippen molar-refractivity contribution in [2.45, 2.75) is 25.3 Å². The Hall–Kier alpha value is -3.26. The van der Waals surface area contributed by atoms with Crippen LogP contribution in [-0.2, 0) is 6.42 Å². The highest BCUT2D eigenvalue weighted by atomic mass is 32.1. The molecule has 0 radical (unpaired) electrons. The molecule has 1 fully saturated rings. The first kappa shape index (κ1) is 22.9. The zero-order valence-corrected chi connectivity index (χ0v) is 19.2. The summed E-state index contributed by atoms with van der Waals surface area (Å²) in [6.07, 6.45) is 4.47. The van der Waals surface area contributed by atoms with Crippen molar-refractivity contribution in [1.82, 2.24) is 9.80 Å². The second kappa shape index (κ2) is 10.1. The highest BCUT2D eigenvalue weighted by molar-refractivity contribution is 7.12. The van der Waals surface area contributed by atoms with Crippen molar-refractivity contribution in [3.8, 4) is 0 Å². The fourth-order valence-corrected chi connectivity index (χ4v) is 5.16. The number of carbonyl (C=O) groups is 2. The summed E-state index contributed by atoms with van der Waals surface area (Å²) in [6.45, 7) is 1.09. The molecule has 1 saturated heterocycles. The van der Waals surface area contributed by atoms with Gasteiger partial charge in [-0.2, -0.15) is 4.73 Å². The van der Waals surface area contributed by atoms with Gasteiger partial charge in [0, 0.05) is 38.3 Å². The molecule has 0 unspecified atom stereocenters. The minimum Gasteiger partial charge on any atom is -0.619 e. The van der Waals surface area contributed by atoms with Crippen LogP contribution in [0.4, 0.5) is 4.39 Å². The molecule has 2 amide bonds. The number of pyridine rings is 1. The van der Waals surface area contributed by atoms with Gasteiger partial charge in [0.25, 0.3) is 11.8 Å². The van der Waals surface area contributed by atoms with Crippen LogP contribution in [0.1, 0.15) is 38.4 Å². The lowest BCUT2D eigenvalue weighted by Crippen LogP contribution is -2.48. The molecule has 0 spiro atoms. The van der Waals surface area contributed by atoms with Crippen LogP contribution in [-0.4, -0.2) is 47.8 Å². The summed E-state index contributed by atoms with van der Waals surface area (Å²) in [5.41, 5.74) is 1.07. The van der Waals surface area contributed by atoms with E-state index in [-0.39, 0.29) is 29.6 Å². The number of hydrogen-bond donors (Lipinski definition) is 0. The molecule has 1 aliphatic heterocycles. The van der Waals surface area contributed by atoms with E-state index in [1.807, 2.05) is 17.5 Å². The van der Waals surface area contributed by atoms with Crippen LogP contribution >= 0.6 is 11.3 Å². The van der Waals surface area contributed by atoms with Gasteiger partial charge in [-0.15, -0.1) is 11.3 Å². The van der Waals surface area contributed by atoms with Gasteiger partial charge in [0.1, 0.15) is 5.82 Å². The fraction of sp³-hybridized carbons (Fsp3) is 0.320. The van der Waals surface area contributed by atoms with E-state index in [0.29, 0.717) is 53.1 Å². The van der Waals surface area contributed by atoms with Gasteiger partial charge in [-0.05, 0) is 48.3 Å². The first-order chi connectivity index (χ1) is 15.9. The number of likely N-dealkylation sites (tertiary alicyclic amines) is 1. The number of thiophene rings is 1. The van der Waals surface area contributed by atoms with E-state index >= 15 is 0 Å². The maximum atomic E-state index is 14.5. The van der Waals surface area contributed by atoms with Crippen LogP contribution in [0.3, 0.4) is 0 Å². The van der Waals surface area contributed by atoms with Gasteiger partial charge >= 0.3 is 0 Å². The molecule has 4 rings (SSSR count). The van der Waals surface area contributed by atoms with E-state index in [0.717, 1.165) is 0 Å². The summed E-state index contributed by atoms with van der Waals surface area (Å²) in [5.74, 6) is -0.323. The van der Waals surface area contributed by atoms with Gasteiger partial charge in [0.15, 0.2) is 12.4 Å². The Morgan fingerprint density at radius 1 is 1.15 bits per heavy atom. The van der Waals surface area contributed by atoms with Crippen molar-refractivity contribution >= 4 is 23.2 Å². The summed E-state index contributed by atoms with van der Waals surface area (Å²) in [5, 5.41) is 13.1. The lowest BCUT2D eigenvalue weighted by atomic mass is 9.84. The molecule has 0 aliphatic carbocycles. The zero-order valence-electron chi connectivity index (χ0n) is 18.4. The smallest absolute Gasteiger partial charge is 0.263 e. The van der Waals surface area contributed by atoms with Crippen LogP contribution in [0.15, 0.2) is 66.3 Å². The number of hydrogen-bond acceptors (Lipinski definition) is 4. The third-order valence-corrected chi connectivity index (χ3v) is 7.21. The standard InChI is InChI=1S/C25H26FN3O3S/c1-27(25(31)23-7-4-16-33-23)22(17-20-5-2-3-6-21(20)26)18-8-12-28(13-9-18)24(30)19-10-14-29(32)15-11-19/h2-7,10-11,14-16,18,22H,8-9,12-13,17H2,1H3/t22-/m1/s1. The third-order valence-electron chi connectivity index (χ3n) is 6.36. The zero-order chi connectivity index (χ0) is 23.4. The summed E-state index contributed by atoms with van der Waals surface area (Å²) in [7, 11) is 1.78. The van der Waals surface area contributed by atoms with Crippen molar-refractivity contribution < 1.29 is 18.7 Å². The molecule has 1 aliphatic rings. The van der Waals surface area contributed by atoms with E-state index in [1.165, 1.54) is 41.9 Å². The van der Waals surface area contributed by atoms with Crippen molar-refractivity contribution in [2.75, 3.05) is 20.1 Å². The molecule has 1 atom stereocenters. The predicted molar refractivity (Wildman–Crippen MR) is 124 cm³/mol. The Morgan fingerprint density at radius 2 is 1.85 bits per heavy atom. The molecule has 172 valence electrons. The molecule has 1 aromatic carbocycles. The van der Waals surface area contributed by atoms with Crippen molar-refractivity contribution in [1.29, 1.82) is 0 Å². The summed E-state index contributed by atoms with van der Waals surface area (Å²) >= 11 is 1.39. The third kappa shape index (κ3) is 5.22. The largest absolute Gasteiger partial charge is 0.619 e. The summed E-state index contributed by atoms with van der Waals surface area (Å²) < 4.78 is 15.1. The van der Waals surface area contributed by atoms with Crippen LogP contribution in [0, 0.1) is 16.9 Å². The predicted octanol–water partition coefficient (Wildman–Crippen LogP) is 3.76. The Balaban J connectivity index is 1.50. The van der Waals surface area contributed by atoms with Gasteiger partial charge in [-0.3, -0.25) is 9.59 Å². The summed E-state index contributed by atoms with van der Waals surface area (Å²) in [4.78, 5) is 30.1. The normalized spacial score (nSPS) is 15.3. The number of nitrogens with zero attached hydrogens (tertiary/aromatic N) is 3. The first-order valence-electron chi connectivity index (χ1n) is 11.0. The van der Waals surface area contributed by atoms with Crippen molar-refractivity contribution in [3.05, 3.63) is 93.3 Å². The molecule has 8 heteroatoms. The average Bonchev–Trinajstić information content (AvgIpc) is 3.38. The summed E-state index contributed by atoms with van der Waals surface area (Å²) in [6, 6.07) is 13.2. The second-order valence-corrected chi connectivity index (χ2v) is 9.28. The molecule has 0 N–H and O–H groups in total. The number of amides is 2. The topological polar surface area (TPSA) is 67.6 Å². The number of halogens is 1. The van der Waals surface area contributed by atoms with Gasteiger partial charge in [0.2, 0.25) is 0 Å². The van der Waals surface area contributed by atoms with Crippen LogP contribution in [0.5, 0.6) is 0 Å². The van der Waals surface area contributed by atoms with Gasteiger partial charge in [-0.1, -0.05) is 24.3 Å². The Labute approximate surface area is 196 Å². The minimum absolute atomic E-state index is 0.0694. The highest BCUT2D eigenvalue weighted by Gasteiger charge is 2.34. The van der Waals surface area contributed by atoms with E-state index in [9.17, 15) is 19.2 Å². The number of benzene rings is 1. The van der Waals surface area contributed by atoms with E-state index < -0.39 is 0 Å². The van der Waals surface area contributed by atoms with E-state index in [2.05, 4.69) is 0 Å². The number of likely N-dealkylation sites (N-methyl/N-ethyl adjacent to an activating group) is 1. The maximum Gasteiger partial charge on any atom is 0.263 e. The molecular weight excluding hydrogens is 441 g/mol. The van der Waals surface area contributed by atoms with Crippen LogP contribution in [0.2, 0.25) is 0 Å². The van der Waals surface area contributed by atoms with E-state index in [4.69, 9.17) is 0 Å². The van der Waals surface area contributed by atoms with Crippen molar-refractivity contribution in [2.24, 2.45) is 5.92 Å². The first-order valence-corrected chi connectivity index (χ1v) is 11.8. The minimum atomic E-state index is -0.272. The lowest BCUT2D eigenvalue weighted by Gasteiger charge is -2.40. The van der Waals surface area contributed by atoms with E-state index in [1.54, 1.807) is 35.0 Å². The Kier molecular flexibility index (Phi) is 7.03. The second-order valence-electron chi connectivity index (χ2n) is 8.33. The van der Waals surface area contributed by atoms with Crippen LogP contribution < -0.4 is 4.73 Å².